The maximum Gasteiger partial charge on any atom is 0.216 e. The molecule has 0 saturated heterocycles. The second-order valence-electron chi connectivity index (χ2n) is 5.80. The lowest BCUT2D eigenvalue weighted by atomic mass is 10.1. The second kappa shape index (κ2) is 9.14. The van der Waals surface area contributed by atoms with E-state index in [9.17, 15) is 0 Å². The summed E-state index contributed by atoms with van der Waals surface area (Å²) >= 11 is 5.32. The lowest BCUT2D eigenvalue weighted by Crippen LogP contribution is -2.02. The highest BCUT2D eigenvalue weighted by Gasteiger charge is 2.09. The number of H-pyrrole nitrogens is 1. The van der Waals surface area contributed by atoms with E-state index in [2.05, 4.69) is 27.4 Å². The predicted molar refractivity (Wildman–Crippen MR) is 108 cm³/mol. The van der Waals surface area contributed by atoms with Crippen LogP contribution in [0, 0.1) is 4.77 Å². The van der Waals surface area contributed by atoms with Gasteiger partial charge in [-0.3, -0.25) is 5.10 Å². The highest BCUT2D eigenvalue weighted by Crippen LogP contribution is 2.29. The first kappa shape index (κ1) is 18.8. The molecule has 0 bridgehead atoms. The number of rotatable bonds is 8. The Morgan fingerprint density at radius 3 is 2.70 bits per heavy atom. The zero-order chi connectivity index (χ0) is 19.1. The van der Waals surface area contributed by atoms with Crippen molar-refractivity contribution in [1.29, 1.82) is 0 Å². The Morgan fingerprint density at radius 1 is 1.15 bits per heavy atom. The number of ether oxygens (including phenoxy) is 2. The third-order valence-electron chi connectivity index (χ3n) is 4.02. The van der Waals surface area contributed by atoms with E-state index in [4.69, 9.17) is 21.7 Å². The van der Waals surface area contributed by atoms with Gasteiger partial charge in [0.15, 0.2) is 17.3 Å². The summed E-state index contributed by atoms with van der Waals surface area (Å²) in [5.74, 6) is 2.10. The SMILES string of the molecule is CCOc1cccc(/C=N\n2c(CCc3ccccc3)n[nH]c2=S)c1OC. The van der Waals surface area contributed by atoms with Gasteiger partial charge in [0.2, 0.25) is 4.77 Å². The van der Waals surface area contributed by atoms with Gasteiger partial charge in [0.1, 0.15) is 0 Å². The maximum atomic E-state index is 5.61. The van der Waals surface area contributed by atoms with Crippen LogP contribution in [-0.4, -0.2) is 34.8 Å². The minimum atomic E-state index is 0.453. The lowest BCUT2D eigenvalue weighted by molar-refractivity contribution is 0.310. The molecule has 3 rings (SSSR count). The molecule has 140 valence electrons. The smallest absolute Gasteiger partial charge is 0.216 e. The standard InChI is InChI=1S/C20H22N4O2S/c1-3-26-17-11-7-10-16(19(17)25-2)14-21-24-18(22-23-20(24)27)13-12-15-8-5-4-6-9-15/h4-11,14H,3,12-13H2,1-2H3,(H,23,27)/b21-14-. The summed E-state index contributed by atoms with van der Waals surface area (Å²) in [6.07, 6.45) is 3.29. The summed E-state index contributed by atoms with van der Waals surface area (Å²) in [7, 11) is 1.62. The Bertz CT molecular complexity index is 964. The Balaban J connectivity index is 1.83. The molecular weight excluding hydrogens is 360 g/mol. The molecule has 0 aliphatic carbocycles. The van der Waals surface area contributed by atoms with Gasteiger partial charge in [0.25, 0.3) is 0 Å². The minimum absolute atomic E-state index is 0.453. The third-order valence-corrected chi connectivity index (χ3v) is 4.29. The van der Waals surface area contributed by atoms with Gasteiger partial charge in [-0.15, -0.1) is 0 Å². The highest BCUT2D eigenvalue weighted by atomic mass is 32.1. The maximum absolute atomic E-state index is 5.61. The van der Waals surface area contributed by atoms with Gasteiger partial charge in [-0.05, 0) is 43.3 Å². The summed E-state index contributed by atoms with van der Waals surface area (Å²) in [5, 5.41) is 11.6. The van der Waals surface area contributed by atoms with E-state index in [1.54, 1.807) is 18.0 Å². The Labute approximate surface area is 163 Å². The topological polar surface area (TPSA) is 64.4 Å². The van der Waals surface area contributed by atoms with Gasteiger partial charge < -0.3 is 9.47 Å². The van der Waals surface area contributed by atoms with Crippen molar-refractivity contribution in [3.63, 3.8) is 0 Å². The third kappa shape index (κ3) is 4.62. The van der Waals surface area contributed by atoms with Crippen LogP contribution in [0.1, 0.15) is 23.9 Å². The van der Waals surface area contributed by atoms with E-state index in [1.807, 2.05) is 43.3 Å². The van der Waals surface area contributed by atoms with Crippen molar-refractivity contribution in [2.45, 2.75) is 19.8 Å². The fraction of sp³-hybridized carbons (Fsp3) is 0.250. The number of para-hydroxylation sites is 1. The van der Waals surface area contributed by atoms with Crippen LogP contribution in [0.5, 0.6) is 11.5 Å². The molecule has 0 aliphatic rings. The molecular formula is C20H22N4O2S. The fourth-order valence-electron chi connectivity index (χ4n) is 2.75. The van der Waals surface area contributed by atoms with Crippen LogP contribution in [0.3, 0.4) is 0 Å². The van der Waals surface area contributed by atoms with E-state index in [-0.39, 0.29) is 0 Å². The first-order valence-corrected chi connectivity index (χ1v) is 9.18. The van der Waals surface area contributed by atoms with E-state index in [1.165, 1.54) is 5.56 Å². The molecule has 3 aromatic rings. The van der Waals surface area contributed by atoms with Crippen LogP contribution in [0.25, 0.3) is 0 Å². The first-order valence-electron chi connectivity index (χ1n) is 8.77. The molecule has 0 aliphatic heterocycles. The largest absolute Gasteiger partial charge is 0.492 e. The molecule has 7 heteroatoms. The normalized spacial score (nSPS) is 11.0. The van der Waals surface area contributed by atoms with Crippen LogP contribution in [-0.2, 0) is 12.8 Å². The molecule has 2 aromatic carbocycles. The second-order valence-corrected chi connectivity index (χ2v) is 6.19. The van der Waals surface area contributed by atoms with Crippen molar-refractivity contribution in [2.75, 3.05) is 13.7 Å². The van der Waals surface area contributed by atoms with Gasteiger partial charge in [0, 0.05) is 12.0 Å². The van der Waals surface area contributed by atoms with Crippen LogP contribution in [0.15, 0.2) is 53.6 Å². The Kier molecular flexibility index (Phi) is 6.38. The monoisotopic (exact) mass is 382 g/mol. The van der Waals surface area contributed by atoms with Crippen molar-refractivity contribution < 1.29 is 9.47 Å². The zero-order valence-corrected chi connectivity index (χ0v) is 16.2. The number of aromatic nitrogens is 3. The summed E-state index contributed by atoms with van der Waals surface area (Å²) in [6, 6.07) is 15.9. The van der Waals surface area contributed by atoms with Crippen molar-refractivity contribution >= 4 is 18.4 Å². The molecule has 0 fully saturated rings. The first-order chi connectivity index (χ1) is 13.2. The van der Waals surface area contributed by atoms with Crippen LogP contribution >= 0.6 is 12.2 Å². The molecule has 1 N–H and O–H groups in total. The van der Waals surface area contributed by atoms with Crippen LogP contribution < -0.4 is 9.47 Å². The Morgan fingerprint density at radius 2 is 1.96 bits per heavy atom. The number of hydrogen-bond donors (Lipinski definition) is 1. The number of aryl methyl sites for hydroxylation is 2. The van der Waals surface area contributed by atoms with Crippen molar-refractivity contribution in [1.82, 2.24) is 14.9 Å². The predicted octanol–water partition coefficient (Wildman–Crippen LogP) is 4.02. The average molecular weight is 382 g/mol. The molecule has 1 aromatic heterocycles. The lowest BCUT2D eigenvalue weighted by Gasteiger charge is -2.11. The number of hydrogen-bond acceptors (Lipinski definition) is 5. The summed E-state index contributed by atoms with van der Waals surface area (Å²) in [5.41, 5.74) is 2.05. The van der Waals surface area contributed by atoms with Crippen molar-refractivity contribution in [3.8, 4) is 11.5 Å². The molecule has 27 heavy (non-hydrogen) atoms. The van der Waals surface area contributed by atoms with Crippen LogP contribution in [0.2, 0.25) is 0 Å². The number of nitrogens with one attached hydrogen (secondary N) is 1. The molecule has 0 radical (unpaired) electrons. The summed E-state index contributed by atoms with van der Waals surface area (Å²) < 4.78 is 13.2. The number of aromatic amines is 1. The Hall–Kier alpha value is -2.93. The highest BCUT2D eigenvalue weighted by molar-refractivity contribution is 7.71. The molecule has 0 unspecified atom stereocenters. The van der Waals surface area contributed by atoms with Crippen molar-refractivity contribution in [2.24, 2.45) is 5.10 Å². The van der Waals surface area contributed by atoms with Crippen molar-refractivity contribution in [3.05, 3.63) is 70.3 Å². The molecule has 6 nitrogen and oxygen atoms in total. The quantitative estimate of drug-likeness (QED) is 0.472. The van der Waals surface area contributed by atoms with E-state index in [0.29, 0.717) is 22.9 Å². The average Bonchev–Trinajstić information content (AvgIpc) is 3.05. The van der Waals surface area contributed by atoms with Gasteiger partial charge >= 0.3 is 0 Å². The van der Waals surface area contributed by atoms with Gasteiger partial charge in [-0.25, -0.2) is 0 Å². The molecule has 0 amide bonds. The van der Waals surface area contributed by atoms with Gasteiger partial charge in [0.05, 0.1) is 19.9 Å². The van der Waals surface area contributed by atoms with Crippen LogP contribution in [0.4, 0.5) is 0 Å². The molecule has 0 atom stereocenters. The number of nitrogens with zero attached hydrogens (tertiary/aromatic N) is 3. The number of methoxy groups -OCH3 is 1. The molecule has 1 heterocycles. The summed E-state index contributed by atoms with van der Waals surface area (Å²) in [4.78, 5) is 0. The minimum Gasteiger partial charge on any atom is -0.492 e. The molecule has 0 saturated carbocycles. The van der Waals surface area contributed by atoms with E-state index >= 15 is 0 Å². The van der Waals surface area contributed by atoms with Gasteiger partial charge in [-0.2, -0.15) is 14.9 Å². The number of benzene rings is 2. The van der Waals surface area contributed by atoms with E-state index in [0.717, 1.165) is 24.2 Å². The van der Waals surface area contributed by atoms with Gasteiger partial charge in [-0.1, -0.05) is 36.4 Å². The summed E-state index contributed by atoms with van der Waals surface area (Å²) in [6.45, 7) is 2.50. The zero-order valence-electron chi connectivity index (χ0n) is 15.4. The molecule has 0 spiro atoms. The fourth-order valence-corrected chi connectivity index (χ4v) is 2.95. The van der Waals surface area contributed by atoms with E-state index < -0.39 is 0 Å².